The molecule has 2 rings (SSSR count). The highest BCUT2D eigenvalue weighted by Crippen LogP contribution is 2.35. The Hall–Kier alpha value is -2.22. The third-order valence-corrected chi connectivity index (χ3v) is 4.44. The zero-order valence-electron chi connectivity index (χ0n) is 12.8. The van der Waals surface area contributed by atoms with Crippen LogP contribution in [0, 0.1) is 13.8 Å². The molecule has 2 aromatic rings. The van der Waals surface area contributed by atoms with Crippen molar-refractivity contribution in [3.8, 4) is 0 Å². The van der Waals surface area contributed by atoms with Crippen molar-refractivity contribution in [1.29, 1.82) is 0 Å². The minimum absolute atomic E-state index is 0.00802. The predicted molar refractivity (Wildman–Crippen MR) is 83.8 cm³/mol. The van der Waals surface area contributed by atoms with Crippen molar-refractivity contribution in [1.82, 2.24) is 9.97 Å². The molecule has 7 nitrogen and oxygen atoms in total. The van der Waals surface area contributed by atoms with Crippen molar-refractivity contribution in [2.24, 2.45) is 0 Å². The van der Waals surface area contributed by atoms with E-state index in [-0.39, 0.29) is 6.42 Å². The van der Waals surface area contributed by atoms with Crippen LogP contribution in [0.2, 0.25) is 0 Å². The lowest BCUT2D eigenvalue weighted by molar-refractivity contribution is -0.136. The fourth-order valence-corrected chi connectivity index (χ4v) is 3.29. The second kappa shape index (κ2) is 6.27. The van der Waals surface area contributed by atoms with E-state index in [9.17, 15) is 9.59 Å². The van der Waals surface area contributed by atoms with Gasteiger partial charge in [0.1, 0.15) is 21.3 Å². The maximum atomic E-state index is 11.8. The highest BCUT2D eigenvalue weighted by molar-refractivity contribution is 7.20. The Morgan fingerprint density at radius 2 is 2.00 bits per heavy atom. The standard InChI is InChI=1S/C14H17N3O4S/c1-7-10-12(17(3)6-5-9(18)19)15-8(2)16-13(10)22-11(7)14(20)21-4/h5-6H2,1-4H3,(H,18,19). The van der Waals surface area contributed by atoms with Gasteiger partial charge >= 0.3 is 11.9 Å². The molecule has 8 heteroatoms. The number of aryl methyl sites for hydroxylation is 2. The number of carbonyl (C=O) groups is 2. The molecule has 2 aromatic heterocycles. The van der Waals surface area contributed by atoms with E-state index in [0.717, 1.165) is 10.9 Å². The van der Waals surface area contributed by atoms with Crippen molar-refractivity contribution in [3.63, 3.8) is 0 Å². The molecule has 0 bridgehead atoms. The van der Waals surface area contributed by atoms with Crippen LogP contribution in [0.25, 0.3) is 10.2 Å². The number of carboxylic acids is 1. The first kappa shape index (κ1) is 16.2. The van der Waals surface area contributed by atoms with Gasteiger partial charge in [-0.1, -0.05) is 0 Å². The first-order valence-electron chi connectivity index (χ1n) is 6.64. The van der Waals surface area contributed by atoms with E-state index in [1.165, 1.54) is 18.4 Å². The highest BCUT2D eigenvalue weighted by Gasteiger charge is 2.22. The first-order chi connectivity index (χ1) is 10.3. The van der Waals surface area contributed by atoms with Crippen LogP contribution in [0.4, 0.5) is 5.82 Å². The van der Waals surface area contributed by atoms with Crippen molar-refractivity contribution in [2.45, 2.75) is 20.3 Å². The summed E-state index contributed by atoms with van der Waals surface area (Å²) < 4.78 is 4.79. The first-order valence-corrected chi connectivity index (χ1v) is 7.45. The van der Waals surface area contributed by atoms with Crippen molar-refractivity contribution in [2.75, 3.05) is 25.6 Å². The van der Waals surface area contributed by atoms with E-state index in [2.05, 4.69) is 9.97 Å². The van der Waals surface area contributed by atoms with Crippen LogP contribution in [0.3, 0.4) is 0 Å². The largest absolute Gasteiger partial charge is 0.481 e. The van der Waals surface area contributed by atoms with Crippen molar-refractivity contribution < 1.29 is 19.4 Å². The van der Waals surface area contributed by atoms with Crippen LogP contribution in [-0.2, 0) is 9.53 Å². The number of thiophene rings is 1. The van der Waals surface area contributed by atoms with Gasteiger partial charge in [-0.15, -0.1) is 11.3 Å². The number of esters is 1. The molecule has 1 N–H and O–H groups in total. The molecule has 0 unspecified atom stereocenters. The van der Waals surface area contributed by atoms with E-state index in [1.807, 2.05) is 6.92 Å². The Balaban J connectivity index is 2.55. The number of ether oxygens (including phenoxy) is 1. The Morgan fingerprint density at radius 3 is 2.59 bits per heavy atom. The Labute approximate surface area is 131 Å². The predicted octanol–water partition coefficient (Wildman–Crippen LogP) is 2.01. The summed E-state index contributed by atoms with van der Waals surface area (Å²) in [7, 11) is 3.11. The number of aromatic nitrogens is 2. The zero-order chi connectivity index (χ0) is 16.4. The summed E-state index contributed by atoms with van der Waals surface area (Å²) in [6, 6.07) is 0. The molecule has 0 aliphatic rings. The number of hydrogen-bond acceptors (Lipinski definition) is 7. The molecular formula is C14H17N3O4S. The third kappa shape index (κ3) is 3.01. The van der Waals surface area contributed by atoms with Gasteiger partial charge in [-0.2, -0.15) is 0 Å². The van der Waals surface area contributed by atoms with E-state index >= 15 is 0 Å². The number of carbonyl (C=O) groups excluding carboxylic acids is 1. The van der Waals surface area contributed by atoms with Crippen LogP contribution >= 0.6 is 11.3 Å². The molecule has 0 saturated carbocycles. The third-order valence-electron chi connectivity index (χ3n) is 3.28. The number of methoxy groups -OCH3 is 1. The number of rotatable bonds is 5. The van der Waals surface area contributed by atoms with Gasteiger partial charge in [0, 0.05) is 13.6 Å². The zero-order valence-corrected chi connectivity index (χ0v) is 13.7. The molecule has 0 radical (unpaired) electrons. The van der Waals surface area contributed by atoms with Crippen LogP contribution < -0.4 is 4.90 Å². The monoisotopic (exact) mass is 323 g/mol. The van der Waals surface area contributed by atoms with E-state index in [1.54, 1.807) is 18.9 Å². The highest BCUT2D eigenvalue weighted by atomic mass is 32.1. The smallest absolute Gasteiger partial charge is 0.348 e. The fraction of sp³-hybridized carbons (Fsp3) is 0.429. The molecule has 0 saturated heterocycles. The lowest BCUT2D eigenvalue weighted by atomic mass is 10.2. The molecule has 0 spiro atoms. The van der Waals surface area contributed by atoms with Gasteiger partial charge in [-0.05, 0) is 19.4 Å². The number of nitrogens with zero attached hydrogens (tertiary/aromatic N) is 3. The Bertz CT molecular complexity index is 741. The topological polar surface area (TPSA) is 92.6 Å². The van der Waals surface area contributed by atoms with E-state index in [0.29, 0.717) is 27.9 Å². The SMILES string of the molecule is COC(=O)c1sc2nc(C)nc(N(C)CCC(=O)O)c2c1C. The van der Waals surface area contributed by atoms with Crippen molar-refractivity contribution >= 4 is 39.3 Å². The fourth-order valence-electron chi connectivity index (χ4n) is 2.15. The second-order valence-corrected chi connectivity index (χ2v) is 5.89. The molecule has 22 heavy (non-hydrogen) atoms. The van der Waals surface area contributed by atoms with Crippen LogP contribution in [-0.4, -0.2) is 47.7 Å². The molecule has 0 fully saturated rings. The Kier molecular flexibility index (Phi) is 4.60. The molecule has 0 aliphatic carbocycles. The second-order valence-electron chi connectivity index (χ2n) is 4.89. The maximum Gasteiger partial charge on any atom is 0.348 e. The molecule has 0 aromatic carbocycles. The van der Waals surface area contributed by atoms with Gasteiger partial charge in [0.2, 0.25) is 0 Å². The van der Waals surface area contributed by atoms with Crippen LogP contribution in [0.1, 0.15) is 27.5 Å². The molecule has 118 valence electrons. The van der Waals surface area contributed by atoms with Gasteiger partial charge in [0.25, 0.3) is 0 Å². The van der Waals surface area contributed by atoms with Crippen molar-refractivity contribution in [3.05, 3.63) is 16.3 Å². The molecule has 0 atom stereocenters. The molecule has 0 aliphatic heterocycles. The van der Waals surface area contributed by atoms with Crippen LogP contribution in [0.15, 0.2) is 0 Å². The Morgan fingerprint density at radius 1 is 1.32 bits per heavy atom. The van der Waals surface area contributed by atoms with Crippen LogP contribution in [0.5, 0.6) is 0 Å². The number of carboxylic acid groups (broad SMARTS) is 1. The minimum atomic E-state index is -0.869. The van der Waals surface area contributed by atoms with Gasteiger partial charge in [0.15, 0.2) is 0 Å². The van der Waals surface area contributed by atoms with Gasteiger partial charge in [0.05, 0.1) is 18.9 Å². The summed E-state index contributed by atoms with van der Waals surface area (Å²) in [6.07, 6.45) is 0.00802. The minimum Gasteiger partial charge on any atom is -0.481 e. The summed E-state index contributed by atoms with van der Waals surface area (Å²) in [4.78, 5) is 34.3. The normalized spacial score (nSPS) is 10.7. The van der Waals surface area contributed by atoms with E-state index < -0.39 is 11.9 Å². The summed E-state index contributed by atoms with van der Waals surface area (Å²) in [5.74, 6) is -0.0709. The summed E-state index contributed by atoms with van der Waals surface area (Å²) >= 11 is 1.26. The quantitative estimate of drug-likeness (QED) is 0.841. The summed E-state index contributed by atoms with van der Waals surface area (Å²) in [5, 5.41) is 9.59. The number of aliphatic carboxylic acids is 1. The summed E-state index contributed by atoms with van der Waals surface area (Å²) in [6.45, 7) is 3.91. The van der Waals surface area contributed by atoms with Gasteiger partial charge in [-0.25, -0.2) is 14.8 Å². The number of fused-ring (bicyclic) bond motifs is 1. The molecular weight excluding hydrogens is 306 g/mol. The van der Waals surface area contributed by atoms with E-state index in [4.69, 9.17) is 9.84 Å². The summed E-state index contributed by atoms with van der Waals surface area (Å²) in [5.41, 5.74) is 0.754. The molecule has 2 heterocycles. The van der Waals surface area contributed by atoms with Gasteiger partial charge in [-0.3, -0.25) is 4.79 Å². The lowest BCUT2D eigenvalue weighted by Gasteiger charge is -2.18. The maximum absolute atomic E-state index is 11.8. The average molecular weight is 323 g/mol. The number of hydrogen-bond donors (Lipinski definition) is 1. The van der Waals surface area contributed by atoms with Gasteiger partial charge < -0.3 is 14.7 Å². The molecule has 0 amide bonds. The number of anilines is 1. The lowest BCUT2D eigenvalue weighted by Crippen LogP contribution is -2.22. The average Bonchev–Trinajstić information content (AvgIpc) is 2.79.